The van der Waals surface area contributed by atoms with Crippen LogP contribution < -0.4 is 10.5 Å². The molecule has 1 aromatic heterocycles. The van der Waals surface area contributed by atoms with Gasteiger partial charge in [-0.25, -0.2) is 13.6 Å². The largest absolute Gasteiger partial charge is 0.322 e. The molecule has 2 rings (SSSR count). The molecule has 4 N–H and O–H groups in total. The van der Waals surface area contributed by atoms with Crippen molar-refractivity contribution in [3.8, 4) is 0 Å². The van der Waals surface area contributed by atoms with Crippen LogP contribution in [0.2, 0.25) is 0 Å². The molecule has 7 nitrogen and oxygen atoms in total. The van der Waals surface area contributed by atoms with E-state index < -0.39 is 10.0 Å². The number of H-pyrrole nitrogens is 1. The monoisotopic (exact) mass is 294 g/mol. The van der Waals surface area contributed by atoms with Crippen molar-refractivity contribution in [2.45, 2.75) is 18.7 Å². The highest BCUT2D eigenvalue weighted by Gasteiger charge is 2.15. The summed E-state index contributed by atoms with van der Waals surface area (Å²) in [6, 6.07) is 4.52. The van der Waals surface area contributed by atoms with E-state index in [1.807, 2.05) is 0 Å². The highest BCUT2D eigenvalue weighted by Crippen LogP contribution is 2.19. The Morgan fingerprint density at radius 3 is 2.60 bits per heavy atom. The van der Waals surface area contributed by atoms with Crippen LogP contribution >= 0.6 is 0 Å². The summed E-state index contributed by atoms with van der Waals surface area (Å²) in [5, 5.41) is 14.1. The molecule has 0 aliphatic carbocycles. The fraction of sp³-hybridized carbons (Fsp3) is 0.167. The molecule has 0 saturated carbocycles. The maximum Gasteiger partial charge on any atom is 0.259 e. The van der Waals surface area contributed by atoms with Crippen LogP contribution in [0.1, 0.15) is 21.6 Å². The average molecular weight is 294 g/mol. The first kappa shape index (κ1) is 14.2. The van der Waals surface area contributed by atoms with Gasteiger partial charge in [0.05, 0.1) is 16.7 Å². The number of sulfonamides is 1. The molecule has 0 spiro atoms. The molecule has 20 heavy (non-hydrogen) atoms. The SMILES string of the molecule is Cc1ccc(NC(=O)c2cn[nH]c2C)cc1S(N)(=O)=O. The third kappa shape index (κ3) is 2.86. The van der Waals surface area contributed by atoms with Gasteiger partial charge in [-0.2, -0.15) is 5.10 Å². The Labute approximate surface area is 116 Å². The molecule has 0 fully saturated rings. The zero-order valence-electron chi connectivity index (χ0n) is 11.0. The fourth-order valence-corrected chi connectivity index (χ4v) is 2.57. The number of carbonyl (C=O) groups is 1. The molecule has 0 aliphatic heterocycles. The topological polar surface area (TPSA) is 118 Å². The van der Waals surface area contributed by atoms with Crippen LogP contribution in [0.15, 0.2) is 29.3 Å². The van der Waals surface area contributed by atoms with Crippen molar-refractivity contribution in [2.75, 3.05) is 5.32 Å². The minimum Gasteiger partial charge on any atom is -0.322 e. The number of aromatic nitrogens is 2. The second-order valence-corrected chi connectivity index (χ2v) is 5.92. The second kappa shape index (κ2) is 5.06. The average Bonchev–Trinajstić information content (AvgIpc) is 2.76. The van der Waals surface area contributed by atoms with Gasteiger partial charge in [0.15, 0.2) is 0 Å². The van der Waals surface area contributed by atoms with E-state index in [0.29, 0.717) is 22.5 Å². The van der Waals surface area contributed by atoms with Crippen LogP contribution in [0.25, 0.3) is 0 Å². The Morgan fingerprint density at radius 1 is 1.35 bits per heavy atom. The van der Waals surface area contributed by atoms with Gasteiger partial charge in [-0.1, -0.05) is 6.07 Å². The number of anilines is 1. The van der Waals surface area contributed by atoms with Crippen molar-refractivity contribution in [3.63, 3.8) is 0 Å². The lowest BCUT2D eigenvalue weighted by Crippen LogP contribution is -2.16. The number of primary sulfonamides is 1. The fourth-order valence-electron chi connectivity index (χ4n) is 1.76. The minimum atomic E-state index is -3.82. The highest BCUT2D eigenvalue weighted by molar-refractivity contribution is 7.89. The first-order valence-electron chi connectivity index (χ1n) is 5.74. The summed E-state index contributed by atoms with van der Waals surface area (Å²) in [6.45, 7) is 3.35. The summed E-state index contributed by atoms with van der Waals surface area (Å²) < 4.78 is 22.8. The number of amides is 1. The van der Waals surface area contributed by atoms with Crippen molar-refractivity contribution in [1.29, 1.82) is 0 Å². The summed E-state index contributed by atoms with van der Waals surface area (Å²) in [6.07, 6.45) is 1.40. The van der Waals surface area contributed by atoms with Gasteiger partial charge in [-0.05, 0) is 31.5 Å². The van der Waals surface area contributed by atoms with Crippen LogP contribution in [0.4, 0.5) is 5.69 Å². The molecule has 0 radical (unpaired) electrons. The zero-order chi connectivity index (χ0) is 14.9. The van der Waals surface area contributed by atoms with E-state index >= 15 is 0 Å². The number of carbonyl (C=O) groups excluding carboxylic acids is 1. The number of aryl methyl sites for hydroxylation is 2. The van der Waals surface area contributed by atoms with Crippen LogP contribution in [-0.2, 0) is 10.0 Å². The van der Waals surface area contributed by atoms with E-state index in [1.165, 1.54) is 12.3 Å². The number of hydrogen-bond acceptors (Lipinski definition) is 4. The molecule has 106 valence electrons. The van der Waals surface area contributed by atoms with Crippen molar-refractivity contribution >= 4 is 21.6 Å². The zero-order valence-corrected chi connectivity index (χ0v) is 11.8. The number of nitrogens with zero attached hydrogens (tertiary/aromatic N) is 1. The van der Waals surface area contributed by atoms with Crippen molar-refractivity contribution in [2.24, 2.45) is 5.14 Å². The minimum absolute atomic E-state index is 0.0146. The Kier molecular flexibility index (Phi) is 3.60. The van der Waals surface area contributed by atoms with E-state index in [-0.39, 0.29) is 10.8 Å². The van der Waals surface area contributed by atoms with Crippen LogP contribution in [0.3, 0.4) is 0 Å². The van der Waals surface area contributed by atoms with Crippen molar-refractivity contribution < 1.29 is 13.2 Å². The molecule has 0 bridgehead atoms. The van der Waals surface area contributed by atoms with Gasteiger partial charge in [0.25, 0.3) is 5.91 Å². The molecule has 1 aromatic carbocycles. The normalized spacial score (nSPS) is 11.3. The Hall–Kier alpha value is -2.19. The first-order chi connectivity index (χ1) is 9.29. The van der Waals surface area contributed by atoms with Gasteiger partial charge in [0, 0.05) is 11.4 Å². The van der Waals surface area contributed by atoms with Crippen LogP contribution in [0.5, 0.6) is 0 Å². The third-order valence-electron chi connectivity index (χ3n) is 2.83. The summed E-state index contributed by atoms with van der Waals surface area (Å²) in [7, 11) is -3.82. The lowest BCUT2D eigenvalue weighted by molar-refractivity contribution is 0.102. The second-order valence-electron chi connectivity index (χ2n) is 4.39. The van der Waals surface area contributed by atoms with E-state index in [0.717, 1.165) is 0 Å². The summed E-state index contributed by atoms with van der Waals surface area (Å²) in [5.74, 6) is -0.375. The lowest BCUT2D eigenvalue weighted by Gasteiger charge is -2.08. The van der Waals surface area contributed by atoms with Gasteiger partial charge in [-0.15, -0.1) is 0 Å². The first-order valence-corrected chi connectivity index (χ1v) is 7.28. The molecular weight excluding hydrogens is 280 g/mol. The molecule has 1 amide bonds. The Morgan fingerprint density at radius 2 is 2.05 bits per heavy atom. The Balaban J connectivity index is 2.32. The molecule has 0 aliphatic rings. The number of benzene rings is 1. The van der Waals surface area contributed by atoms with E-state index in [9.17, 15) is 13.2 Å². The standard InChI is InChI=1S/C12H14N4O3S/c1-7-3-4-9(5-11(7)20(13,18)19)15-12(17)10-6-14-16-8(10)2/h3-6H,1-2H3,(H,14,16)(H,15,17)(H2,13,18,19). The van der Waals surface area contributed by atoms with Gasteiger partial charge in [0.2, 0.25) is 10.0 Å². The van der Waals surface area contributed by atoms with E-state index in [4.69, 9.17) is 5.14 Å². The van der Waals surface area contributed by atoms with Crippen molar-refractivity contribution in [1.82, 2.24) is 10.2 Å². The molecule has 1 heterocycles. The number of nitrogens with two attached hydrogens (primary N) is 1. The van der Waals surface area contributed by atoms with Gasteiger partial charge >= 0.3 is 0 Å². The predicted octanol–water partition coefficient (Wildman–Crippen LogP) is 0.926. The molecule has 8 heteroatoms. The molecule has 2 aromatic rings. The Bertz CT molecular complexity index is 765. The maximum absolute atomic E-state index is 12.0. The number of nitrogens with one attached hydrogen (secondary N) is 2. The maximum atomic E-state index is 12.0. The molecule has 0 saturated heterocycles. The smallest absolute Gasteiger partial charge is 0.259 e. The quantitative estimate of drug-likeness (QED) is 0.780. The van der Waals surface area contributed by atoms with Crippen molar-refractivity contribution in [3.05, 3.63) is 41.2 Å². The van der Waals surface area contributed by atoms with Gasteiger partial charge in [-0.3, -0.25) is 9.89 Å². The number of rotatable bonds is 3. The summed E-state index contributed by atoms with van der Waals surface area (Å²) in [5.41, 5.74) is 1.89. The molecular formula is C12H14N4O3S. The molecule has 0 atom stereocenters. The van der Waals surface area contributed by atoms with Crippen LogP contribution in [-0.4, -0.2) is 24.5 Å². The third-order valence-corrected chi connectivity index (χ3v) is 3.88. The summed E-state index contributed by atoms with van der Waals surface area (Å²) >= 11 is 0. The van der Waals surface area contributed by atoms with Crippen LogP contribution in [0, 0.1) is 13.8 Å². The molecule has 0 unspecified atom stereocenters. The number of hydrogen-bond donors (Lipinski definition) is 3. The highest BCUT2D eigenvalue weighted by atomic mass is 32.2. The van der Waals surface area contributed by atoms with Gasteiger partial charge < -0.3 is 5.32 Å². The van der Waals surface area contributed by atoms with Gasteiger partial charge in [0.1, 0.15) is 0 Å². The van der Waals surface area contributed by atoms with E-state index in [1.54, 1.807) is 26.0 Å². The number of aromatic amines is 1. The van der Waals surface area contributed by atoms with E-state index in [2.05, 4.69) is 15.5 Å². The summed E-state index contributed by atoms with van der Waals surface area (Å²) in [4.78, 5) is 12.0. The lowest BCUT2D eigenvalue weighted by atomic mass is 10.2. The predicted molar refractivity (Wildman–Crippen MR) is 73.8 cm³/mol.